The predicted octanol–water partition coefficient (Wildman–Crippen LogP) is 4.94. The number of amides is 2. The van der Waals surface area contributed by atoms with Crippen LogP contribution in [0, 0.1) is 5.82 Å². The maximum Gasteiger partial charge on any atom is 0.319 e. The molecule has 6 nitrogen and oxygen atoms in total. The van der Waals surface area contributed by atoms with Gasteiger partial charge in [-0.15, -0.1) is 0 Å². The van der Waals surface area contributed by atoms with Crippen molar-refractivity contribution in [3.05, 3.63) is 53.8 Å². The van der Waals surface area contributed by atoms with Crippen molar-refractivity contribution in [1.29, 1.82) is 0 Å². The minimum absolute atomic E-state index is 0.0337. The number of likely N-dealkylation sites (tertiary alicyclic amines) is 1. The molecule has 33 heavy (non-hydrogen) atoms. The van der Waals surface area contributed by atoms with Crippen LogP contribution in [0.1, 0.15) is 44.6 Å². The number of methoxy groups -OCH3 is 2. The van der Waals surface area contributed by atoms with Crippen molar-refractivity contribution >= 4 is 11.7 Å². The monoisotopic (exact) mass is 455 g/mol. The molecular formula is C26H34FN3O3. The largest absolute Gasteiger partial charge is 0.493 e. The van der Waals surface area contributed by atoms with Gasteiger partial charge in [0.15, 0.2) is 11.5 Å². The number of halogens is 1. The van der Waals surface area contributed by atoms with E-state index in [1.807, 2.05) is 6.07 Å². The second-order valence-corrected chi connectivity index (χ2v) is 9.11. The fourth-order valence-corrected chi connectivity index (χ4v) is 5.73. The Morgan fingerprint density at radius 1 is 1.15 bits per heavy atom. The Morgan fingerprint density at radius 2 is 1.97 bits per heavy atom. The van der Waals surface area contributed by atoms with E-state index in [9.17, 15) is 9.18 Å². The van der Waals surface area contributed by atoms with Gasteiger partial charge in [0, 0.05) is 23.2 Å². The molecule has 1 aliphatic heterocycles. The number of hydrogen-bond donors (Lipinski definition) is 2. The summed E-state index contributed by atoms with van der Waals surface area (Å²) in [4.78, 5) is 15.2. The van der Waals surface area contributed by atoms with E-state index < -0.39 is 0 Å². The zero-order valence-corrected chi connectivity index (χ0v) is 19.7. The van der Waals surface area contributed by atoms with Crippen molar-refractivity contribution in [3.8, 4) is 11.5 Å². The van der Waals surface area contributed by atoms with E-state index in [0.29, 0.717) is 11.7 Å². The Balaban J connectivity index is 1.52. The van der Waals surface area contributed by atoms with E-state index in [1.54, 1.807) is 26.4 Å². The standard InChI is InChI=1S/C26H34FN3O3/c1-4-13-30-14-12-26(18-8-9-22(32-2)23(15-18)33-3)11-10-21(17-24(26)30)29-25(31)28-20-7-5-6-19(27)16-20/h5-9,15-16,21,24H,4,10-14,17H2,1-3H3,(H2,28,29,31)/t21-,24+,26-/m0/s1. The van der Waals surface area contributed by atoms with Crippen LogP contribution in [0.15, 0.2) is 42.5 Å². The molecule has 7 heteroatoms. The van der Waals surface area contributed by atoms with E-state index in [-0.39, 0.29) is 23.3 Å². The second-order valence-electron chi connectivity index (χ2n) is 9.11. The Kier molecular flexibility index (Phi) is 7.08. The summed E-state index contributed by atoms with van der Waals surface area (Å²) >= 11 is 0. The lowest BCUT2D eigenvalue weighted by Gasteiger charge is -2.45. The van der Waals surface area contributed by atoms with Gasteiger partial charge in [-0.3, -0.25) is 4.90 Å². The highest BCUT2D eigenvalue weighted by atomic mass is 19.1. The third kappa shape index (κ3) is 4.78. The van der Waals surface area contributed by atoms with Crippen LogP contribution in [0.2, 0.25) is 0 Å². The van der Waals surface area contributed by atoms with Gasteiger partial charge in [-0.05, 0) is 81.1 Å². The minimum atomic E-state index is -0.369. The van der Waals surface area contributed by atoms with Crippen molar-refractivity contribution in [3.63, 3.8) is 0 Å². The lowest BCUT2D eigenvalue weighted by Crippen LogP contribution is -2.53. The number of carbonyl (C=O) groups excluding carboxylic acids is 1. The Bertz CT molecular complexity index is 985. The summed E-state index contributed by atoms with van der Waals surface area (Å²) in [5.74, 6) is 1.13. The lowest BCUT2D eigenvalue weighted by atomic mass is 9.65. The van der Waals surface area contributed by atoms with Crippen LogP contribution in [0.4, 0.5) is 14.9 Å². The number of urea groups is 1. The second kappa shape index (κ2) is 10.00. The molecule has 0 radical (unpaired) electrons. The van der Waals surface area contributed by atoms with E-state index in [0.717, 1.165) is 56.7 Å². The van der Waals surface area contributed by atoms with Crippen molar-refractivity contribution < 1.29 is 18.7 Å². The summed E-state index contributed by atoms with van der Waals surface area (Å²) in [7, 11) is 3.33. The highest BCUT2D eigenvalue weighted by molar-refractivity contribution is 5.89. The molecule has 1 saturated heterocycles. The molecule has 0 bridgehead atoms. The molecule has 1 heterocycles. The summed E-state index contributed by atoms with van der Waals surface area (Å²) in [5.41, 5.74) is 1.77. The quantitative estimate of drug-likeness (QED) is 0.621. The Hall–Kier alpha value is -2.80. The number of fused-ring (bicyclic) bond motifs is 1. The van der Waals surface area contributed by atoms with Gasteiger partial charge in [-0.25, -0.2) is 9.18 Å². The first-order chi connectivity index (χ1) is 16.0. The van der Waals surface area contributed by atoms with Crippen molar-refractivity contribution in [2.75, 3.05) is 32.6 Å². The normalized spacial score (nSPS) is 24.7. The predicted molar refractivity (Wildman–Crippen MR) is 128 cm³/mol. The molecule has 1 aliphatic carbocycles. The zero-order valence-electron chi connectivity index (χ0n) is 19.7. The average molecular weight is 456 g/mol. The molecule has 2 aliphatic rings. The Labute approximate surface area is 195 Å². The van der Waals surface area contributed by atoms with Crippen molar-refractivity contribution in [1.82, 2.24) is 10.2 Å². The van der Waals surface area contributed by atoms with Crippen LogP contribution in [0.5, 0.6) is 11.5 Å². The number of nitrogens with zero attached hydrogens (tertiary/aromatic N) is 1. The fourth-order valence-electron chi connectivity index (χ4n) is 5.73. The first kappa shape index (κ1) is 23.4. The van der Waals surface area contributed by atoms with Gasteiger partial charge >= 0.3 is 6.03 Å². The molecule has 1 saturated carbocycles. The third-order valence-electron chi connectivity index (χ3n) is 7.26. The van der Waals surface area contributed by atoms with Crippen LogP contribution >= 0.6 is 0 Å². The molecule has 0 aromatic heterocycles. The topological polar surface area (TPSA) is 62.8 Å². The molecule has 2 amide bonds. The summed E-state index contributed by atoms with van der Waals surface area (Å²) in [6, 6.07) is 12.4. The number of rotatable bonds is 7. The molecule has 2 fully saturated rings. The number of hydrogen-bond acceptors (Lipinski definition) is 4. The van der Waals surface area contributed by atoms with Crippen LogP contribution in [-0.4, -0.2) is 50.3 Å². The molecule has 0 unspecified atom stereocenters. The molecule has 3 atom stereocenters. The first-order valence-corrected chi connectivity index (χ1v) is 11.8. The van der Waals surface area contributed by atoms with Gasteiger partial charge in [-0.1, -0.05) is 19.1 Å². The minimum Gasteiger partial charge on any atom is -0.493 e. The van der Waals surface area contributed by atoms with Gasteiger partial charge in [0.25, 0.3) is 0 Å². The van der Waals surface area contributed by atoms with Gasteiger partial charge in [0.05, 0.1) is 14.2 Å². The molecule has 178 valence electrons. The number of carbonyl (C=O) groups is 1. The zero-order chi connectivity index (χ0) is 23.4. The van der Waals surface area contributed by atoms with Gasteiger partial charge in [0.2, 0.25) is 0 Å². The van der Waals surface area contributed by atoms with E-state index in [4.69, 9.17) is 9.47 Å². The van der Waals surface area contributed by atoms with Gasteiger partial charge in [-0.2, -0.15) is 0 Å². The first-order valence-electron chi connectivity index (χ1n) is 11.8. The maximum absolute atomic E-state index is 13.5. The van der Waals surface area contributed by atoms with Crippen LogP contribution in [-0.2, 0) is 5.41 Å². The average Bonchev–Trinajstić information content (AvgIpc) is 3.17. The third-order valence-corrected chi connectivity index (χ3v) is 7.26. The number of anilines is 1. The van der Waals surface area contributed by atoms with E-state index in [1.165, 1.54) is 17.7 Å². The summed E-state index contributed by atoms with van der Waals surface area (Å²) < 4.78 is 24.5. The molecule has 0 spiro atoms. The maximum atomic E-state index is 13.5. The van der Waals surface area contributed by atoms with Crippen LogP contribution < -0.4 is 20.1 Å². The van der Waals surface area contributed by atoms with Crippen molar-refractivity contribution in [2.24, 2.45) is 0 Å². The molecule has 2 aromatic rings. The van der Waals surface area contributed by atoms with E-state index >= 15 is 0 Å². The lowest BCUT2D eigenvalue weighted by molar-refractivity contribution is 0.136. The highest BCUT2D eigenvalue weighted by Gasteiger charge is 2.51. The molecule has 2 aromatic carbocycles. The summed E-state index contributed by atoms with van der Waals surface area (Å²) in [6.07, 6.45) is 4.94. The van der Waals surface area contributed by atoms with Crippen LogP contribution in [0.25, 0.3) is 0 Å². The smallest absolute Gasteiger partial charge is 0.319 e. The molecule has 4 rings (SSSR count). The van der Waals surface area contributed by atoms with Gasteiger partial charge < -0.3 is 20.1 Å². The van der Waals surface area contributed by atoms with Crippen LogP contribution in [0.3, 0.4) is 0 Å². The summed E-state index contributed by atoms with van der Waals surface area (Å²) in [6.45, 7) is 4.30. The van der Waals surface area contributed by atoms with E-state index in [2.05, 4.69) is 34.6 Å². The fraction of sp³-hybridized carbons (Fsp3) is 0.500. The van der Waals surface area contributed by atoms with Gasteiger partial charge in [0.1, 0.15) is 5.82 Å². The Morgan fingerprint density at radius 3 is 2.70 bits per heavy atom. The van der Waals surface area contributed by atoms with Crippen molar-refractivity contribution in [2.45, 2.75) is 56.5 Å². The number of nitrogens with one attached hydrogen (secondary N) is 2. The number of benzene rings is 2. The number of ether oxygens (including phenoxy) is 2. The summed E-state index contributed by atoms with van der Waals surface area (Å²) in [5, 5.41) is 5.89. The SMILES string of the molecule is CCCN1CC[C@]2(c3ccc(OC)c(OC)c3)CC[C@H](NC(=O)Nc3cccc(F)c3)C[C@@H]12. The molecular weight excluding hydrogens is 421 g/mol. The molecule has 2 N–H and O–H groups in total. The highest BCUT2D eigenvalue weighted by Crippen LogP contribution is 2.50.